The van der Waals surface area contributed by atoms with Gasteiger partial charge in [0, 0.05) is 49.4 Å². The molecule has 1 aromatic rings. The Morgan fingerprint density at radius 1 is 1.00 bits per heavy atom. The van der Waals surface area contributed by atoms with Gasteiger partial charge in [0.15, 0.2) is 0 Å². The molecule has 5 nitrogen and oxygen atoms in total. The fourth-order valence-electron chi connectivity index (χ4n) is 4.23. The molecule has 0 aromatic heterocycles. The van der Waals surface area contributed by atoms with Gasteiger partial charge in [-0.25, -0.2) is 0 Å². The summed E-state index contributed by atoms with van der Waals surface area (Å²) in [4.78, 5) is 29.4. The molecule has 148 valence electrons. The largest absolute Gasteiger partial charge is 0.372 e. The molecule has 1 N–H and O–H groups in total. The lowest BCUT2D eigenvalue weighted by Crippen LogP contribution is -2.43. The first kappa shape index (κ1) is 19.7. The molecule has 0 bridgehead atoms. The quantitative estimate of drug-likeness (QED) is 0.825. The Morgan fingerprint density at radius 2 is 1.59 bits per heavy atom. The molecule has 0 spiro atoms. The molecule has 2 heterocycles. The van der Waals surface area contributed by atoms with Gasteiger partial charge in [0.25, 0.3) is 0 Å². The van der Waals surface area contributed by atoms with Crippen LogP contribution < -0.4 is 10.2 Å². The second-order valence-corrected chi connectivity index (χ2v) is 7.84. The van der Waals surface area contributed by atoms with Gasteiger partial charge in [-0.3, -0.25) is 9.59 Å². The van der Waals surface area contributed by atoms with Gasteiger partial charge in [-0.1, -0.05) is 13.8 Å². The number of amides is 2. The fraction of sp³-hybridized carbons (Fsp3) is 0.636. The maximum absolute atomic E-state index is 12.6. The minimum Gasteiger partial charge on any atom is -0.372 e. The Morgan fingerprint density at radius 3 is 2.15 bits per heavy atom. The van der Waals surface area contributed by atoms with Crippen LogP contribution in [0.1, 0.15) is 52.4 Å². The molecule has 2 aliphatic rings. The number of piperidine rings is 1. The molecular weight excluding hydrogens is 338 g/mol. The van der Waals surface area contributed by atoms with Gasteiger partial charge in [-0.05, 0) is 62.8 Å². The highest BCUT2D eigenvalue weighted by atomic mass is 16.2. The van der Waals surface area contributed by atoms with Crippen LogP contribution >= 0.6 is 0 Å². The third-order valence-corrected chi connectivity index (χ3v) is 6.12. The monoisotopic (exact) mass is 371 g/mol. The fourth-order valence-corrected chi connectivity index (χ4v) is 4.23. The number of nitrogens with zero attached hydrogens (tertiary/aromatic N) is 2. The maximum atomic E-state index is 12.6. The van der Waals surface area contributed by atoms with Gasteiger partial charge in [-0.15, -0.1) is 0 Å². The Labute approximate surface area is 163 Å². The standard InChI is InChI=1S/C22H33N3O2/c1-3-17(4-2)22(27)25-15-11-18(12-16-25)21(26)23-19-7-9-20(10-8-19)24-13-5-6-14-24/h7-10,17-18H,3-6,11-16H2,1-2H3,(H,23,26). The van der Waals surface area contributed by atoms with Gasteiger partial charge in [0.2, 0.25) is 11.8 Å². The topological polar surface area (TPSA) is 52.7 Å². The zero-order valence-electron chi connectivity index (χ0n) is 16.7. The molecule has 0 aliphatic carbocycles. The lowest BCUT2D eigenvalue weighted by atomic mass is 9.93. The van der Waals surface area contributed by atoms with Crippen molar-refractivity contribution in [2.45, 2.75) is 52.4 Å². The van der Waals surface area contributed by atoms with Crippen LogP contribution in [0.2, 0.25) is 0 Å². The summed E-state index contributed by atoms with van der Waals surface area (Å²) in [6.07, 6.45) is 5.81. The first-order chi connectivity index (χ1) is 13.1. The first-order valence-electron chi connectivity index (χ1n) is 10.6. The van der Waals surface area contributed by atoms with E-state index in [0.29, 0.717) is 13.1 Å². The number of anilines is 2. The molecule has 27 heavy (non-hydrogen) atoms. The van der Waals surface area contributed by atoms with Crippen molar-refractivity contribution < 1.29 is 9.59 Å². The van der Waals surface area contributed by atoms with Gasteiger partial charge in [-0.2, -0.15) is 0 Å². The molecule has 2 saturated heterocycles. The lowest BCUT2D eigenvalue weighted by Gasteiger charge is -2.33. The maximum Gasteiger partial charge on any atom is 0.227 e. The van der Waals surface area contributed by atoms with Crippen LogP contribution in [-0.4, -0.2) is 42.9 Å². The van der Waals surface area contributed by atoms with Crippen molar-refractivity contribution in [3.8, 4) is 0 Å². The zero-order valence-corrected chi connectivity index (χ0v) is 16.7. The molecule has 5 heteroatoms. The molecule has 2 amide bonds. The summed E-state index contributed by atoms with van der Waals surface area (Å²) in [5.74, 6) is 0.466. The number of hydrogen-bond acceptors (Lipinski definition) is 3. The van der Waals surface area contributed by atoms with Crippen molar-refractivity contribution in [1.82, 2.24) is 4.90 Å². The summed E-state index contributed by atoms with van der Waals surface area (Å²) in [5, 5.41) is 3.06. The molecule has 2 fully saturated rings. The predicted molar refractivity (Wildman–Crippen MR) is 110 cm³/mol. The molecular formula is C22H33N3O2. The molecule has 3 rings (SSSR count). The van der Waals surface area contributed by atoms with E-state index in [1.54, 1.807) is 0 Å². The van der Waals surface area contributed by atoms with Crippen molar-refractivity contribution in [2.75, 3.05) is 36.4 Å². The van der Waals surface area contributed by atoms with Crippen molar-refractivity contribution >= 4 is 23.2 Å². The Hall–Kier alpha value is -2.04. The average molecular weight is 372 g/mol. The first-order valence-corrected chi connectivity index (χ1v) is 10.6. The highest BCUT2D eigenvalue weighted by molar-refractivity contribution is 5.93. The predicted octanol–water partition coefficient (Wildman–Crippen LogP) is 3.90. The third kappa shape index (κ3) is 4.82. The number of nitrogens with one attached hydrogen (secondary N) is 1. The van der Waals surface area contributed by atoms with Crippen LogP contribution in [0.4, 0.5) is 11.4 Å². The van der Waals surface area contributed by atoms with Crippen LogP contribution in [0.5, 0.6) is 0 Å². The zero-order chi connectivity index (χ0) is 19.2. The second kappa shape index (κ2) is 9.25. The van der Waals surface area contributed by atoms with E-state index >= 15 is 0 Å². The number of carbonyl (C=O) groups is 2. The van der Waals surface area contributed by atoms with E-state index < -0.39 is 0 Å². The van der Waals surface area contributed by atoms with Crippen LogP contribution in [0, 0.1) is 11.8 Å². The lowest BCUT2D eigenvalue weighted by molar-refractivity contribution is -0.138. The molecule has 0 atom stereocenters. The molecule has 0 saturated carbocycles. The van der Waals surface area contributed by atoms with E-state index in [-0.39, 0.29) is 23.7 Å². The van der Waals surface area contributed by atoms with Gasteiger partial charge >= 0.3 is 0 Å². The SMILES string of the molecule is CCC(CC)C(=O)N1CCC(C(=O)Nc2ccc(N3CCCC3)cc2)CC1. The van der Waals surface area contributed by atoms with Gasteiger partial charge < -0.3 is 15.1 Å². The minimum absolute atomic E-state index is 0.00554. The van der Waals surface area contributed by atoms with Crippen LogP contribution in [-0.2, 0) is 9.59 Å². The Kier molecular flexibility index (Phi) is 6.75. The highest BCUT2D eigenvalue weighted by Gasteiger charge is 2.29. The summed E-state index contributed by atoms with van der Waals surface area (Å²) < 4.78 is 0. The summed E-state index contributed by atoms with van der Waals surface area (Å²) in [6.45, 7) is 7.78. The number of benzene rings is 1. The normalized spacial score (nSPS) is 18.2. The van der Waals surface area contributed by atoms with Crippen molar-refractivity contribution in [3.63, 3.8) is 0 Å². The minimum atomic E-state index is -0.00554. The number of carbonyl (C=O) groups excluding carboxylic acids is 2. The summed E-state index contributed by atoms with van der Waals surface area (Å²) >= 11 is 0. The van der Waals surface area contributed by atoms with Crippen LogP contribution in [0.15, 0.2) is 24.3 Å². The molecule has 0 radical (unpaired) electrons. The summed E-state index contributed by atoms with van der Waals surface area (Å²) in [7, 11) is 0. The van der Waals surface area contributed by atoms with Crippen molar-refractivity contribution in [3.05, 3.63) is 24.3 Å². The highest BCUT2D eigenvalue weighted by Crippen LogP contribution is 2.25. The number of likely N-dealkylation sites (tertiary alicyclic amines) is 1. The van der Waals surface area contributed by atoms with Crippen molar-refractivity contribution in [2.24, 2.45) is 11.8 Å². The number of hydrogen-bond donors (Lipinski definition) is 1. The van der Waals surface area contributed by atoms with Gasteiger partial charge in [0.05, 0.1) is 0 Å². The second-order valence-electron chi connectivity index (χ2n) is 7.84. The van der Waals surface area contributed by atoms with E-state index in [1.165, 1.54) is 18.5 Å². The summed E-state index contributed by atoms with van der Waals surface area (Å²) in [6, 6.07) is 8.18. The Balaban J connectivity index is 1.48. The van der Waals surface area contributed by atoms with E-state index in [0.717, 1.165) is 44.5 Å². The molecule has 2 aliphatic heterocycles. The van der Waals surface area contributed by atoms with Crippen molar-refractivity contribution in [1.29, 1.82) is 0 Å². The smallest absolute Gasteiger partial charge is 0.227 e. The van der Waals surface area contributed by atoms with E-state index in [4.69, 9.17) is 0 Å². The van der Waals surface area contributed by atoms with Crippen LogP contribution in [0.3, 0.4) is 0 Å². The van der Waals surface area contributed by atoms with Gasteiger partial charge in [0.1, 0.15) is 0 Å². The van der Waals surface area contributed by atoms with E-state index in [9.17, 15) is 9.59 Å². The third-order valence-electron chi connectivity index (χ3n) is 6.12. The average Bonchev–Trinajstić information content (AvgIpc) is 3.24. The van der Waals surface area contributed by atoms with E-state index in [2.05, 4.69) is 36.2 Å². The molecule has 1 aromatic carbocycles. The number of rotatable bonds is 6. The van der Waals surface area contributed by atoms with E-state index in [1.807, 2.05) is 17.0 Å². The summed E-state index contributed by atoms with van der Waals surface area (Å²) in [5.41, 5.74) is 2.09. The molecule has 0 unspecified atom stereocenters. The van der Waals surface area contributed by atoms with Crippen LogP contribution in [0.25, 0.3) is 0 Å². The Bertz CT molecular complexity index is 625.